The van der Waals surface area contributed by atoms with Crippen molar-refractivity contribution in [1.82, 2.24) is 10.6 Å². The van der Waals surface area contributed by atoms with Gasteiger partial charge in [-0.3, -0.25) is 0 Å². The van der Waals surface area contributed by atoms with Crippen LogP contribution in [-0.2, 0) is 0 Å². The minimum Gasteiger partial charge on any atom is -0.314 e. The molecule has 2 heteroatoms. The zero-order valence-corrected chi connectivity index (χ0v) is 11.6. The van der Waals surface area contributed by atoms with Gasteiger partial charge in [0, 0.05) is 18.1 Å². The first-order valence-corrected chi connectivity index (χ1v) is 7.13. The van der Waals surface area contributed by atoms with Crippen molar-refractivity contribution in [2.24, 2.45) is 5.92 Å². The number of piperidine rings is 1. The van der Waals surface area contributed by atoms with Gasteiger partial charge in [-0.05, 0) is 45.1 Å². The third kappa shape index (κ3) is 4.84. The molecule has 0 aromatic rings. The van der Waals surface area contributed by atoms with Gasteiger partial charge in [0.2, 0.25) is 0 Å². The Kier molecular flexibility index (Phi) is 6.37. The molecule has 2 N–H and O–H groups in total. The number of nitrogens with one attached hydrogen (secondary N) is 2. The SMILES string of the molecule is CCC(NC(C)CC1CCCCN1)C(C)C. The van der Waals surface area contributed by atoms with Crippen molar-refractivity contribution in [2.45, 2.75) is 77.9 Å². The smallest absolute Gasteiger partial charge is 0.00899 e. The van der Waals surface area contributed by atoms with Crippen LogP contribution in [0.2, 0.25) is 0 Å². The molecule has 0 saturated carbocycles. The van der Waals surface area contributed by atoms with Gasteiger partial charge in [0.1, 0.15) is 0 Å². The van der Waals surface area contributed by atoms with Crippen LogP contribution in [0.15, 0.2) is 0 Å². The molecule has 2 nitrogen and oxygen atoms in total. The highest BCUT2D eigenvalue weighted by molar-refractivity contribution is 4.80. The summed E-state index contributed by atoms with van der Waals surface area (Å²) in [6.45, 7) is 10.5. The van der Waals surface area contributed by atoms with E-state index in [0.29, 0.717) is 12.1 Å². The van der Waals surface area contributed by atoms with E-state index in [0.717, 1.165) is 12.0 Å². The summed E-state index contributed by atoms with van der Waals surface area (Å²) in [6, 6.07) is 2.07. The Morgan fingerprint density at radius 3 is 2.50 bits per heavy atom. The summed E-state index contributed by atoms with van der Waals surface area (Å²) in [5.41, 5.74) is 0. The molecule has 1 fully saturated rings. The van der Waals surface area contributed by atoms with Crippen molar-refractivity contribution in [1.29, 1.82) is 0 Å². The second-order valence-electron chi connectivity index (χ2n) is 5.71. The van der Waals surface area contributed by atoms with E-state index < -0.39 is 0 Å². The molecule has 0 aromatic heterocycles. The Balaban J connectivity index is 2.25. The maximum absolute atomic E-state index is 3.77. The zero-order chi connectivity index (χ0) is 12.0. The first kappa shape index (κ1) is 14.0. The minimum atomic E-state index is 0.642. The maximum Gasteiger partial charge on any atom is 0.00899 e. The predicted octanol–water partition coefficient (Wildman–Crippen LogP) is 2.93. The van der Waals surface area contributed by atoms with Crippen LogP contribution in [0.5, 0.6) is 0 Å². The van der Waals surface area contributed by atoms with Gasteiger partial charge in [0.05, 0.1) is 0 Å². The van der Waals surface area contributed by atoms with Crippen LogP contribution >= 0.6 is 0 Å². The fourth-order valence-corrected chi connectivity index (χ4v) is 2.77. The van der Waals surface area contributed by atoms with Crippen LogP contribution in [0.1, 0.15) is 59.8 Å². The number of hydrogen-bond donors (Lipinski definition) is 2. The third-order valence-electron chi connectivity index (χ3n) is 3.79. The van der Waals surface area contributed by atoms with E-state index in [2.05, 4.69) is 38.3 Å². The van der Waals surface area contributed by atoms with Crippen LogP contribution in [0.4, 0.5) is 0 Å². The van der Waals surface area contributed by atoms with Crippen LogP contribution < -0.4 is 10.6 Å². The van der Waals surface area contributed by atoms with E-state index in [-0.39, 0.29) is 0 Å². The van der Waals surface area contributed by atoms with Crippen molar-refractivity contribution in [2.75, 3.05) is 6.54 Å². The van der Waals surface area contributed by atoms with Gasteiger partial charge < -0.3 is 10.6 Å². The summed E-state index contributed by atoms with van der Waals surface area (Å²) in [7, 11) is 0. The van der Waals surface area contributed by atoms with Crippen molar-refractivity contribution < 1.29 is 0 Å². The van der Waals surface area contributed by atoms with Gasteiger partial charge in [0.15, 0.2) is 0 Å². The molecular formula is C14H30N2. The van der Waals surface area contributed by atoms with Crippen LogP contribution in [0.25, 0.3) is 0 Å². The molecular weight excluding hydrogens is 196 g/mol. The lowest BCUT2D eigenvalue weighted by Gasteiger charge is -2.30. The number of hydrogen-bond acceptors (Lipinski definition) is 2. The van der Waals surface area contributed by atoms with Gasteiger partial charge in [-0.2, -0.15) is 0 Å². The van der Waals surface area contributed by atoms with Gasteiger partial charge >= 0.3 is 0 Å². The van der Waals surface area contributed by atoms with Crippen molar-refractivity contribution in [3.63, 3.8) is 0 Å². The fourth-order valence-electron chi connectivity index (χ4n) is 2.77. The van der Waals surface area contributed by atoms with E-state index in [1.165, 1.54) is 38.6 Å². The molecule has 0 amide bonds. The molecule has 3 atom stereocenters. The Morgan fingerprint density at radius 2 is 2.00 bits per heavy atom. The van der Waals surface area contributed by atoms with E-state index in [1.54, 1.807) is 0 Å². The first-order valence-electron chi connectivity index (χ1n) is 7.13. The summed E-state index contributed by atoms with van der Waals surface area (Å²) in [5, 5.41) is 7.40. The molecule has 16 heavy (non-hydrogen) atoms. The van der Waals surface area contributed by atoms with Crippen molar-refractivity contribution >= 4 is 0 Å². The third-order valence-corrected chi connectivity index (χ3v) is 3.79. The van der Waals surface area contributed by atoms with Gasteiger partial charge in [-0.15, -0.1) is 0 Å². The molecule has 1 aliphatic heterocycles. The molecule has 1 heterocycles. The average molecular weight is 226 g/mol. The van der Waals surface area contributed by atoms with Crippen molar-refractivity contribution in [3.05, 3.63) is 0 Å². The van der Waals surface area contributed by atoms with Crippen LogP contribution in [0.3, 0.4) is 0 Å². The van der Waals surface area contributed by atoms with Gasteiger partial charge in [0.25, 0.3) is 0 Å². The second-order valence-corrected chi connectivity index (χ2v) is 5.71. The largest absolute Gasteiger partial charge is 0.314 e. The number of rotatable bonds is 6. The van der Waals surface area contributed by atoms with Crippen molar-refractivity contribution in [3.8, 4) is 0 Å². The first-order chi connectivity index (χ1) is 7.63. The Morgan fingerprint density at radius 1 is 1.25 bits per heavy atom. The topological polar surface area (TPSA) is 24.1 Å². The van der Waals surface area contributed by atoms with Crippen LogP contribution in [0, 0.1) is 5.92 Å². The lowest BCUT2D eigenvalue weighted by atomic mass is 9.96. The summed E-state index contributed by atoms with van der Waals surface area (Å²) in [5.74, 6) is 0.742. The standard InChI is InChI=1S/C14H30N2/c1-5-14(11(2)3)16-12(4)10-13-8-6-7-9-15-13/h11-16H,5-10H2,1-4H3. The van der Waals surface area contributed by atoms with Gasteiger partial charge in [-0.1, -0.05) is 27.2 Å². The molecule has 0 aromatic carbocycles. The Bertz CT molecular complexity index is 174. The second kappa shape index (κ2) is 7.29. The quantitative estimate of drug-likeness (QED) is 0.727. The molecule has 0 aliphatic carbocycles. The molecule has 1 rings (SSSR count). The normalized spacial score (nSPS) is 25.7. The highest BCUT2D eigenvalue weighted by Crippen LogP contribution is 2.14. The molecule has 1 aliphatic rings. The highest BCUT2D eigenvalue weighted by atomic mass is 15.0. The fraction of sp³-hybridized carbons (Fsp3) is 1.00. The summed E-state index contributed by atoms with van der Waals surface area (Å²) < 4.78 is 0. The Labute approximate surface area is 102 Å². The predicted molar refractivity (Wildman–Crippen MR) is 71.8 cm³/mol. The summed E-state index contributed by atoms with van der Waals surface area (Å²) in [6.07, 6.45) is 6.65. The monoisotopic (exact) mass is 226 g/mol. The minimum absolute atomic E-state index is 0.642. The van der Waals surface area contributed by atoms with Crippen LogP contribution in [-0.4, -0.2) is 24.7 Å². The molecule has 1 saturated heterocycles. The van der Waals surface area contributed by atoms with E-state index in [1.807, 2.05) is 0 Å². The zero-order valence-electron chi connectivity index (χ0n) is 11.6. The summed E-state index contributed by atoms with van der Waals surface area (Å²) >= 11 is 0. The Hall–Kier alpha value is -0.0800. The van der Waals surface area contributed by atoms with E-state index in [9.17, 15) is 0 Å². The molecule has 0 radical (unpaired) electrons. The molecule has 0 bridgehead atoms. The summed E-state index contributed by atoms with van der Waals surface area (Å²) in [4.78, 5) is 0. The molecule has 96 valence electrons. The lowest BCUT2D eigenvalue weighted by Crippen LogP contribution is -2.44. The average Bonchev–Trinajstić information content (AvgIpc) is 2.27. The molecule has 3 unspecified atom stereocenters. The van der Waals surface area contributed by atoms with Gasteiger partial charge in [-0.25, -0.2) is 0 Å². The molecule has 0 spiro atoms. The lowest BCUT2D eigenvalue weighted by molar-refractivity contribution is 0.299. The highest BCUT2D eigenvalue weighted by Gasteiger charge is 2.18. The van der Waals surface area contributed by atoms with E-state index >= 15 is 0 Å². The van der Waals surface area contributed by atoms with E-state index in [4.69, 9.17) is 0 Å². The maximum atomic E-state index is 3.77.